The second kappa shape index (κ2) is 5.38. The maximum absolute atomic E-state index is 11.4. The van der Waals surface area contributed by atoms with Crippen molar-refractivity contribution in [1.82, 2.24) is 4.90 Å². The van der Waals surface area contributed by atoms with Crippen LogP contribution in [0.2, 0.25) is 0 Å². The molecule has 0 saturated carbocycles. The van der Waals surface area contributed by atoms with E-state index in [0.717, 1.165) is 25.9 Å². The van der Waals surface area contributed by atoms with Crippen LogP contribution in [0.15, 0.2) is 23.1 Å². The van der Waals surface area contributed by atoms with Gasteiger partial charge in [-0.25, -0.2) is 8.42 Å². The number of likely N-dealkylation sites (N-methyl/N-ethyl adjacent to an activating group) is 1. The summed E-state index contributed by atoms with van der Waals surface area (Å²) in [6.45, 7) is 1.95. The largest absolute Gasteiger partial charge is 0.487 e. The molecule has 1 aliphatic heterocycles. The zero-order chi connectivity index (χ0) is 14.0. The molecule has 0 aromatic heterocycles. The third-order valence-electron chi connectivity index (χ3n) is 3.28. The Hall–Kier alpha value is -1.27. The van der Waals surface area contributed by atoms with Crippen LogP contribution in [0.3, 0.4) is 0 Å². The average molecular weight is 284 g/mol. The summed E-state index contributed by atoms with van der Waals surface area (Å²) in [6, 6.07) is 4.63. The summed E-state index contributed by atoms with van der Waals surface area (Å²) in [5.41, 5.74) is 6.24. The number of benzene rings is 1. The average Bonchev–Trinajstić information content (AvgIpc) is 2.30. The van der Waals surface area contributed by atoms with E-state index in [-0.39, 0.29) is 11.0 Å². The van der Waals surface area contributed by atoms with E-state index in [2.05, 4.69) is 11.9 Å². The fourth-order valence-electron chi connectivity index (χ4n) is 2.26. The minimum Gasteiger partial charge on any atom is -0.487 e. The Labute approximate surface area is 114 Å². The quantitative estimate of drug-likeness (QED) is 0.843. The minimum absolute atomic E-state index is 0.116. The Morgan fingerprint density at radius 1 is 1.42 bits per heavy atom. The van der Waals surface area contributed by atoms with Gasteiger partial charge in [-0.3, -0.25) is 0 Å². The first-order valence-electron chi connectivity index (χ1n) is 6.31. The van der Waals surface area contributed by atoms with E-state index in [9.17, 15) is 8.42 Å². The second-order valence-electron chi connectivity index (χ2n) is 5.12. The fourth-order valence-corrected chi connectivity index (χ4v) is 2.92. The molecule has 106 valence electrons. The molecular weight excluding hydrogens is 264 g/mol. The molecule has 1 fully saturated rings. The monoisotopic (exact) mass is 284 g/mol. The summed E-state index contributed by atoms with van der Waals surface area (Å²) in [7, 11) is -1.17. The van der Waals surface area contributed by atoms with Gasteiger partial charge in [0.05, 0.1) is 10.6 Å². The van der Waals surface area contributed by atoms with Crippen molar-refractivity contribution >= 4 is 15.5 Å². The molecule has 0 bridgehead atoms. The third kappa shape index (κ3) is 3.61. The van der Waals surface area contributed by atoms with Crippen molar-refractivity contribution in [2.75, 3.05) is 32.1 Å². The van der Waals surface area contributed by atoms with Gasteiger partial charge in [0.1, 0.15) is 11.9 Å². The molecule has 1 atom stereocenters. The molecule has 5 nitrogen and oxygen atoms in total. The number of piperidine rings is 1. The highest BCUT2D eigenvalue weighted by Gasteiger charge is 2.20. The van der Waals surface area contributed by atoms with Gasteiger partial charge < -0.3 is 15.4 Å². The summed E-state index contributed by atoms with van der Waals surface area (Å²) in [6.07, 6.45) is 3.38. The van der Waals surface area contributed by atoms with Crippen molar-refractivity contribution in [3.8, 4) is 5.75 Å². The number of ether oxygens (including phenoxy) is 1. The summed E-state index contributed by atoms with van der Waals surface area (Å²) in [5, 5.41) is 0. The normalized spacial score (nSPS) is 21.3. The van der Waals surface area contributed by atoms with E-state index in [4.69, 9.17) is 10.5 Å². The number of likely N-dealkylation sites (tertiary alicyclic amines) is 1. The van der Waals surface area contributed by atoms with Gasteiger partial charge in [0.25, 0.3) is 0 Å². The highest BCUT2D eigenvalue weighted by atomic mass is 32.2. The highest BCUT2D eigenvalue weighted by Crippen LogP contribution is 2.27. The number of hydrogen-bond acceptors (Lipinski definition) is 5. The van der Waals surface area contributed by atoms with E-state index >= 15 is 0 Å². The van der Waals surface area contributed by atoms with E-state index in [1.54, 1.807) is 6.07 Å². The van der Waals surface area contributed by atoms with Gasteiger partial charge in [-0.15, -0.1) is 0 Å². The van der Waals surface area contributed by atoms with Gasteiger partial charge in [0.2, 0.25) is 0 Å². The number of hydrogen-bond donors (Lipinski definition) is 1. The molecule has 0 spiro atoms. The fraction of sp³-hybridized carbons (Fsp3) is 0.538. The Morgan fingerprint density at radius 2 is 2.16 bits per heavy atom. The number of nitrogens with zero attached hydrogens (tertiary/aromatic N) is 1. The Morgan fingerprint density at radius 3 is 2.74 bits per heavy atom. The summed E-state index contributed by atoms with van der Waals surface area (Å²) >= 11 is 0. The van der Waals surface area contributed by atoms with Crippen molar-refractivity contribution in [3.63, 3.8) is 0 Å². The van der Waals surface area contributed by atoms with Gasteiger partial charge in [0.15, 0.2) is 9.84 Å². The van der Waals surface area contributed by atoms with Crippen LogP contribution in [0.5, 0.6) is 5.75 Å². The van der Waals surface area contributed by atoms with Crippen LogP contribution in [0.4, 0.5) is 5.69 Å². The zero-order valence-corrected chi connectivity index (χ0v) is 12.1. The molecule has 1 saturated heterocycles. The van der Waals surface area contributed by atoms with Crippen LogP contribution < -0.4 is 10.5 Å². The SMILES string of the molecule is CN1CCCC(Oc2ccc(S(C)(=O)=O)cc2N)C1. The van der Waals surface area contributed by atoms with Crippen molar-refractivity contribution in [3.05, 3.63) is 18.2 Å². The lowest BCUT2D eigenvalue weighted by molar-refractivity contribution is 0.105. The molecular formula is C13H20N2O3S. The first kappa shape index (κ1) is 14.1. The van der Waals surface area contributed by atoms with E-state index in [0.29, 0.717) is 11.4 Å². The predicted octanol–water partition coefficient (Wildman–Crippen LogP) is 1.15. The number of rotatable bonds is 3. The molecule has 0 amide bonds. The van der Waals surface area contributed by atoms with Crippen molar-refractivity contribution in [2.45, 2.75) is 23.8 Å². The van der Waals surface area contributed by atoms with Gasteiger partial charge in [-0.1, -0.05) is 0 Å². The van der Waals surface area contributed by atoms with Crippen LogP contribution in [0.25, 0.3) is 0 Å². The van der Waals surface area contributed by atoms with Crippen molar-refractivity contribution < 1.29 is 13.2 Å². The molecule has 2 N–H and O–H groups in total. The molecule has 19 heavy (non-hydrogen) atoms. The van der Waals surface area contributed by atoms with E-state index in [1.165, 1.54) is 18.4 Å². The van der Waals surface area contributed by atoms with Gasteiger partial charge >= 0.3 is 0 Å². The summed E-state index contributed by atoms with van der Waals surface area (Å²) in [5.74, 6) is 0.563. The lowest BCUT2D eigenvalue weighted by Gasteiger charge is -2.30. The van der Waals surface area contributed by atoms with E-state index in [1.807, 2.05) is 0 Å². The number of nitrogen functional groups attached to an aromatic ring is 1. The molecule has 1 aromatic carbocycles. The van der Waals surface area contributed by atoms with Crippen molar-refractivity contribution in [2.24, 2.45) is 0 Å². The van der Waals surface area contributed by atoms with Crippen LogP contribution in [-0.4, -0.2) is 45.8 Å². The van der Waals surface area contributed by atoms with Crippen LogP contribution >= 0.6 is 0 Å². The molecule has 1 aromatic rings. The standard InChI is InChI=1S/C13H20N2O3S/c1-15-7-3-4-10(9-15)18-13-6-5-11(8-12(13)14)19(2,16)17/h5-6,8,10H,3-4,7,9,14H2,1-2H3. The molecule has 2 rings (SSSR count). The first-order valence-corrected chi connectivity index (χ1v) is 8.20. The minimum atomic E-state index is -3.23. The predicted molar refractivity (Wildman–Crippen MR) is 75.1 cm³/mol. The number of anilines is 1. The third-order valence-corrected chi connectivity index (χ3v) is 4.39. The van der Waals surface area contributed by atoms with Crippen LogP contribution in [-0.2, 0) is 9.84 Å². The Kier molecular flexibility index (Phi) is 4.01. The summed E-state index contributed by atoms with van der Waals surface area (Å²) in [4.78, 5) is 2.44. The Balaban J connectivity index is 2.13. The van der Waals surface area contributed by atoms with Crippen molar-refractivity contribution in [1.29, 1.82) is 0 Å². The lowest BCUT2D eigenvalue weighted by Crippen LogP contribution is -2.38. The highest BCUT2D eigenvalue weighted by molar-refractivity contribution is 7.90. The Bertz CT molecular complexity index is 557. The molecule has 1 heterocycles. The molecule has 1 unspecified atom stereocenters. The van der Waals surface area contributed by atoms with Crippen LogP contribution in [0, 0.1) is 0 Å². The molecule has 0 aliphatic carbocycles. The van der Waals surface area contributed by atoms with Gasteiger partial charge in [-0.05, 0) is 44.6 Å². The van der Waals surface area contributed by atoms with E-state index < -0.39 is 9.84 Å². The second-order valence-corrected chi connectivity index (χ2v) is 7.13. The smallest absolute Gasteiger partial charge is 0.175 e. The van der Waals surface area contributed by atoms with Gasteiger partial charge in [-0.2, -0.15) is 0 Å². The maximum Gasteiger partial charge on any atom is 0.175 e. The maximum atomic E-state index is 11.4. The molecule has 6 heteroatoms. The van der Waals surface area contributed by atoms with Crippen LogP contribution in [0.1, 0.15) is 12.8 Å². The number of nitrogens with two attached hydrogens (primary N) is 1. The molecule has 0 radical (unpaired) electrons. The lowest BCUT2D eigenvalue weighted by atomic mass is 10.1. The number of sulfone groups is 1. The topological polar surface area (TPSA) is 72.6 Å². The first-order chi connectivity index (χ1) is 8.86. The molecule has 1 aliphatic rings. The van der Waals surface area contributed by atoms with Gasteiger partial charge in [0, 0.05) is 12.8 Å². The zero-order valence-electron chi connectivity index (χ0n) is 11.3. The summed E-state index contributed by atoms with van der Waals surface area (Å²) < 4.78 is 28.7.